The summed E-state index contributed by atoms with van der Waals surface area (Å²) in [6, 6.07) is 11.1. The monoisotopic (exact) mass is 338 g/mol. The molecule has 0 saturated carbocycles. The summed E-state index contributed by atoms with van der Waals surface area (Å²) in [7, 11) is 0. The molecule has 1 amide bonds. The molecule has 1 aliphatic rings. The van der Waals surface area contributed by atoms with Gasteiger partial charge in [-0.25, -0.2) is 9.97 Å². The zero-order valence-corrected chi connectivity index (χ0v) is 15.3. The summed E-state index contributed by atoms with van der Waals surface area (Å²) in [5.74, 6) is 0.748. The lowest BCUT2D eigenvalue weighted by Crippen LogP contribution is -2.49. The van der Waals surface area contributed by atoms with Crippen LogP contribution in [0.3, 0.4) is 0 Å². The van der Waals surface area contributed by atoms with Gasteiger partial charge in [0, 0.05) is 38.4 Å². The van der Waals surface area contributed by atoms with Crippen LogP contribution in [0.1, 0.15) is 46.8 Å². The molecule has 1 aliphatic heterocycles. The molecule has 3 rings (SSSR count). The molecule has 1 aromatic carbocycles. The number of hydrogen-bond donors (Lipinski definition) is 0. The third-order valence-corrected chi connectivity index (χ3v) is 4.94. The Hall–Kier alpha value is -2.27. The summed E-state index contributed by atoms with van der Waals surface area (Å²) < 4.78 is 0. The Labute approximate surface area is 149 Å². The first-order chi connectivity index (χ1) is 12.1. The summed E-state index contributed by atoms with van der Waals surface area (Å²) in [6.45, 7) is 9.22. The zero-order chi connectivity index (χ0) is 17.8. The van der Waals surface area contributed by atoms with E-state index in [0.29, 0.717) is 17.4 Å². The second-order valence-electron chi connectivity index (χ2n) is 6.58. The second kappa shape index (κ2) is 7.74. The minimum atomic E-state index is 0.0462. The number of piperazine rings is 1. The highest BCUT2D eigenvalue weighted by molar-refractivity contribution is 5.95. The van der Waals surface area contributed by atoms with Crippen molar-refractivity contribution in [2.45, 2.75) is 33.2 Å². The van der Waals surface area contributed by atoms with E-state index >= 15 is 0 Å². The Kier molecular flexibility index (Phi) is 5.43. The lowest BCUT2D eigenvalue weighted by Gasteiger charge is -2.39. The predicted octanol–water partition coefficient (Wildman–Crippen LogP) is 3.00. The zero-order valence-electron chi connectivity index (χ0n) is 15.3. The number of aromatic nitrogens is 2. The van der Waals surface area contributed by atoms with Crippen LogP contribution >= 0.6 is 0 Å². The highest BCUT2D eigenvalue weighted by Gasteiger charge is 2.27. The van der Waals surface area contributed by atoms with E-state index in [4.69, 9.17) is 0 Å². The van der Waals surface area contributed by atoms with E-state index in [1.807, 2.05) is 18.7 Å². The third-order valence-electron chi connectivity index (χ3n) is 4.94. The molecule has 1 fully saturated rings. The van der Waals surface area contributed by atoms with Crippen molar-refractivity contribution in [3.63, 3.8) is 0 Å². The molecule has 25 heavy (non-hydrogen) atoms. The van der Waals surface area contributed by atoms with Gasteiger partial charge in [-0.15, -0.1) is 0 Å². The van der Waals surface area contributed by atoms with Crippen LogP contribution in [-0.4, -0.2) is 51.9 Å². The molecule has 0 bridgehead atoms. The normalized spacial score (nSPS) is 16.7. The summed E-state index contributed by atoms with van der Waals surface area (Å²) in [4.78, 5) is 25.7. The van der Waals surface area contributed by atoms with Crippen molar-refractivity contribution in [2.75, 3.05) is 26.2 Å². The van der Waals surface area contributed by atoms with Crippen molar-refractivity contribution in [2.24, 2.45) is 0 Å². The van der Waals surface area contributed by atoms with Crippen molar-refractivity contribution >= 4 is 5.91 Å². The Morgan fingerprint density at radius 2 is 1.80 bits per heavy atom. The van der Waals surface area contributed by atoms with Crippen LogP contribution in [-0.2, 0) is 0 Å². The molecule has 2 heterocycles. The lowest BCUT2D eigenvalue weighted by atomic mass is 10.0. The second-order valence-corrected chi connectivity index (χ2v) is 6.58. The predicted molar refractivity (Wildman–Crippen MR) is 98.5 cm³/mol. The van der Waals surface area contributed by atoms with E-state index < -0.39 is 0 Å². The molecule has 0 radical (unpaired) electrons. The van der Waals surface area contributed by atoms with Crippen molar-refractivity contribution in [3.8, 4) is 0 Å². The van der Waals surface area contributed by atoms with Crippen LogP contribution in [0.2, 0.25) is 0 Å². The van der Waals surface area contributed by atoms with Gasteiger partial charge in [0.1, 0.15) is 5.82 Å². The van der Waals surface area contributed by atoms with Gasteiger partial charge in [-0.2, -0.15) is 0 Å². The SMILES string of the molecule is CC[C@@H](c1ccccc1)N1CCN(C(=O)c2cnc(C)nc2C)CC1. The Balaban J connectivity index is 1.66. The van der Waals surface area contributed by atoms with Crippen molar-refractivity contribution in [1.82, 2.24) is 19.8 Å². The van der Waals surface area contributed by atoms with E-state index in [1.54, 1.807) is 6.20 Å². The summed E-state index contributed by atoms with van der Waals surface area (Å²) in [5, 5.41) is 0. The molecule has 0 unspecified atom stereocenters. The minimum absolute atomic E-state index is 0.0462. The lowest BCUT2D eigenvalue weighted by molar-refractivity contribution is 0.0561. The van der Waals surface area contributed by atoms with Gasteiger partial charge in [-0.3, -0.25) is 9.69 Å². The molecule has 132 valence electrons. The molecule has 1 aromatic heterocycles. The van der Waals surface area contributed by atoms with E-state index in [1.165, 1.54) is 5.56 Å². The first-order valence-electron chi connectivity index (χ1n) is 8.98. The smallest absolute Gasteiger partial charge is 0.257 e. The van der Waals surface area contributed by atoms with Crippen LogP contribution < -0.4 is 0 Å². The van der Waals surface area contributed by atoms with Gasteiger partial charge in [-0.05, 0) is 25.8 Å². The highest BCUT2D eigenvalue weighted by Crippen LogP contribution is 2.25. The van der Waals surface area contributed by atoms with Gasteiger partial charge >= 0.3 is 0 Å². The van der Waals surface area contributed by atoms with Gasteiger partial charge < -0.3 is 4.90 Å². The first kappa shape index (κ1) is 17.5. The maximum atomic E-state index is 12.8. The topological polar surface area (TPSA) is 49.3 Å². The molecule has 1 atom stereocenters. The standard InChI is InChI=1S/C20H26N4O/c1-4-19(17-8-6-5-7-9-17)23-10-12-24(13-11-23)20(25)18-14-21-16(3)22-15(18)2/h5-9,14,19H,4,10-13H2,1-3H3/t19-/m0/s1. The number of aryl methyl sites for hydroxylation is 2. The number of carbonyl (C=O) groups excluding carboxylic acids is 1. The molecule has 5 nitrogen and oxygen atoms in total. The van der Waals surface area contributed by atoms with E-state index in [2.05, 4.69) is 52.1 Å². The fraction of sp³-hybridized carbons (Fsp3) is 0.450. The molecular weight excluding hydrogens is 312 g/mol. The van der Waals surface area contributed by atoms with E-state index in [0.717, 1.165) is 38.3 Å². The molecule has 1 saturated heterocycles. The van der Waals surface area contributed by atoms with Gasteiger partial charge in [0.25, 0.3) is 5.91 Å². The summed E-state index contributed by atoms with van der Waals surface area (Å²) in [6.07, 6.45) is 2.73. The average Bonchev–Trinajstić information content (AvgIpc) is 2.63. The van der Waals surface area contributed by atoms with Crippen LogP contribution in [0.15, 0.2) is 36.5 Å². The molecule has 5 heteroatoms. The average molecular weight is 338 g/mol. The minimum Gasteiger partial charge on any atom is -0.336 e. The molecule has 0 aliphatic carbocycles. The van der Waals surface area contributed by atoms with Gasteiger partial charge in [0.05, 0.1) is 11.3 Å². The quantitative estimate of drug-likeness (QED) is 0.860. The van der Waals surface area contributed by atoms with Crippen molar-refractivity contribution in [3.05, 3.63) is 59.2 Å². The van der Waals surface area contributed by atoms with Crippen LogP contribution in [0.4, 0.5) is 0 Å². The fourth-order valence-electron chi connectivity index (χ4n) is 3.58. The molecular formula is C20H26N4O. The van der Waals surface area contributed by atoms with Crippen LogP contribution in [0.5, 0.6) is 0 Å². The van der Waals surface area contributed by atoms with Crippen molar-refractivity contribution < 1.29 is 4.79 Å². The number of amides is 1. The fourth-order valence-corrected chi connectivity index (χ4v) is 3.58. The van der Waals surface area contributed by atoms with Crippen LogP contribution in [0.25, 0.3) is 0 Å². The van der Waals surface area contributed by atoms with E-state index in [-0.39, 0.29) is 5.91 Å². The molecule has 0 N–H and O–H groups in total. The number of hydrogen-bond acceptors (Lipinski definition) is 4. The molecule has 0 spiro atoms. The Morgan fingerprint density at radius 1 is 1.12 bits per heavy atom. The number of nitrogens with zero attached hydrogens (tertiary/aromatic N) is 4. The number of rotatable bonds is 4. The Morgan fingerprint density at radius 3 is 2.40 bits per heavy atom. The summed E-state index contributed by atoms with van der Waals surface area (Å²) in [5.41, 5.74) is 2.73. The highest BCUT2D eigenvalue weighted by atomic mass is 16.2. The van der Waals surface area contributed by atoms with Crippen LogP contribution in [0, 0.1) is 13.8 Å². The largest absolute Gasteiger partial charge is 0.336 e. The maximum absolute atomic E-state index is 12.8. The molecule has 2 aromatic rings. The summed E-state index contributed by atoms with van der Waals surface area (Å²) >= 11 is 0. The van der Waals surface area contributed by atoms with E-state index in [9.17, 15) is 4.79 Å². The van der Waals surface area contributed by atoms with Gasteiger partial charge in [0.2, 0.25) is 0 Å². The first-order valence-corrected chi connectivity index (χ1v) is 8.98. The maximum Gasteiger partial charge on any atom is 0.257 e. The van der Waals surface area contributed by atoms with Gasteiger partial charge in [0.15, 0.2) is 0 Å². The third kappa shape index (κ3) is 3.87. The van der Waals surface area contributed by atoms with Gasteiger partial charge in [-0.1, -0.05) is 37.3 Å². The van der Waals surface area contributed by atoms with Crippen molar-refractivity contribution in [1.29, 1.82) is 0 Å². The number of benzene rings is 1. The Bertz CT molecular complexity index is 724. The number of carbonyl (C=O) groups is 1.